The lowest BCUT2D eigenvalue weighted by Gasteiger charge is -2.31. The summed E-state index contributed by atoms with van der Waals surface area (Å²) in [6.07, 6.45) is 0.713. The fraction of sp³-hybridized carbons (Fsp3) is 0.467. The predicted octanol–water partition coefficient (Wildman–Crippen LogP) is 2.67. The molecule has 1 aromatic carbocycles. The molecule has 0 heterocycles. The molecule has 0 aliphatic heterocycles. The fourth-order valence-corrected chi connectivity index (χ4v) is 2.39. The van der Waals surface area contributed by atoms with E-state index in [1.54, 1.807) is 13.8 Å². The summed E-state index contributed by atoms with van der Waals surface area (Å²) in [5.74, 6) is -1.49. The Labute approximate surface area is 128 Å². The first-order chi connectivity index (χ1) is 10.3. The van der Waals surface area contributed by atoms with Gasteiger partial charge < -0.3 is 10.4 Å². The number of benzene rings is 1. The first kappa shape index (κ1) is 17.6. The first-order valence-corrected chi connectivity index (χ1v) is 7.04. The number of nitro groups is 1. The number of carboxylic acids is 1. The van der Waals surface area contributed by atoms with E-state index in [-0.39, 0.29) is 23.2 Å². The van der Waals surface area contributed by atoms with Crippen LogP contribution in [0, 0.1) is 17.0 Å². The SMILES string of the molecule is CCC(CC)(CC(=O)O)NC(=O)c1cccc([N+](=O)[O-])c1C. The van der Waals surface area contributed by atoms with Crippen LogP contribution in [-0.4, -0.2) is 27.4 Å². The molecule has 0 bridgehead atoms. The third-order valence-electron chi connectivity index (χ3n) is 3.97. The normalized spacial score (nSPS) is 11.0. The second-order valence-corrected chi connectivity index (χ2v) is 5.22. The first-order valence-electron chi connectivity index (χ1n) is 7.04. The van der Waals surface area contributed by atoms with E-state index in [9.17, 15) is 19.7 Å². The van der Waals surface area contributed by atoms with Crippen LogP contribution < -0.4 is 5.32 Å². The monoisotopic (exact) mass is 308 g/mol. The molecular formula is C15H20N2O5. The zero-order valence-corrected chi connectivity index (χ0v) is 12.9. The van der Waals surface area contributed by atoms with Gasteiger partial charge in [-0.2, -0.15) is 0 Å². The summed E-state index contributed by atoms with van der Waals surface area (Å²) >= 11 is 0. The zero-order chi connectivity index (χ0) is 16.9. The average Bonchev–Trinajstić information content (AvgIpc) is 2.45. The van der Waals surface area contributed by atoms with Gasteiger partial charge in [0.2, 0.25) is 0 Å². The number of carboxylic acid groups (broad SMARTS) is 1. The number of nitrogens with one attached hydrogen (secondary N) is 1. The number of carbonyl (C=O) groups excluding carboxylic acids is 1. The topological polar surface area (TPSA) is 110 Å². The second kappa shape index (κ2) is 7.02. The summed E-state index contributed by atoms with van der Waals surface area (Å²) in [7, 11) is 0. The van der Waals surface area contributed by atoms with Crippen LogP contribution >= 0.6 is 0 Å². The highest BCUT2D eigenvalue weighted by Crippen LogP contribution is 2.24. The van der Waals surface area contributed by atoms with Crippen molar-refractivity contribution in [1.29, 1.82) is 0 Å². The average molecular weight is 308 g/mol. The van der Waals surface area contributed by atoms with Crippen molar-refractivity contribution >= 4 is 17.6 Å². The van der Waals surface area contributed by atoms with Gasteiger partial charge in [0.1, 0.15) is 0 Å². The molecule has 0 radical (unpaired) electrons. The van der Waals surface area contributed by atoms with Gasteiger partial charge in [-0.3, -0.25) is 19.7 Å². The van der Waals surface area contributed by atoms with Crippen LogP contribution in [0.4, 0.5) is 5.69 Å². The van der Waals surface area contributed by atoms with Crippen molar-refractivity contribution in [2.75, 3.05) is 0 Å². The van der Waals surface area contributed by atoms with Gasteiger partial charge >= 0.3 is 5.97 Å². The second-order valence-electron chi connectivity index (χ2n) is 5.22. The molecule has 0 saturated carbocycles. The van der Waals surface area contributed by atoms with Crippen LogP contribution in [0.15, 0.2) is 18.2 Å². The number of hydrogen-bond donors (Lipinski definition) is 2. The van der Waals surface area contributed by atoms with Crippen molar-refractivity contribution in [3.8, 4) is 0 Å². The van der Waals surface area contributed by atoms with E-state index in [4.69, 9.17) is 5.11 Å². The van der Waals surface area contributed by atoms with E-state index in [0.717, 1.165) is 0 Å². The Balaban J connectivity index is 3.13. The summed E-state index contributed by atoms with van der Waals surface area (Å²) in [5, 5.41) is 22.7. The van der Waals surface area contributed by atoms with Crippen molar-refractivity contribution in [3.63, 3.8) is 0 Å². The lowest BCUT2D eigenvalue weighted by molar-refractivity contribution is -0.385. The highest BCUT2D eigenvalue weighted by Gasteiger charge is 2.32. The standard InChI is InChI=1S/C15H20N2O5/c1-4-15(5-2,9-13(18)19)16-14(20)11-7-6-8-12(10(11)3)17(21)22/h6-8H,4-5,9H2,1-3H3,(H,16,20)(H,18,19). The molecule has 2 N–H and O–H groups in total. The molecule has 0 aliphatic rings. The maximum Gasteiger partial charge on any atom is 0.305 e. The summed E-state index contributed by atoms with van der Waals surface area (Å²) in [4.78, 5) is 33.8. The van der Waals surface area contributed by atoms with E-state index < -0.39 is 22.3 Å². The van der Waals surface area contributed by atoms with Gasteiger partial charge in [-0.05, 0) is 25.8 Å². The third kappa shape index (κ3) is 3.81. The number of carbonyl (C=O) groups is 2. The van der Waals surface area contributed by atoms with Gasteiger partial charge in [0.05, 0.1) is 16.9 Å². The van der Waals surface area contributed by atoms with Gasteiger partial charge in [0.25, 0.3) is 11.6 Å². The molecule has 22 heavy (non-hydrogen) atoms. The Morgan fingerprint density at radius 1 is 1.32 bits per heavy atom. The molecule has 0 saturated heterocycles. The summed E-state index contributed by atoms with van der Waals surface area (Å²) < 4.78 is 0. The Hall–Kier alpha value is -2.44. The van der Waals surface area contributed by atoms with Crippen molar-refractivity contribution in [3.05, 3.63) is 39.4 Å². The predicted molar refractivity (Wildman–Crippen MR) is 80.9 cm³/mol. The van der Waals surface area contributed by atoms with Gasteiger partial charge in [-0.1, -0.05) is 19.9 Å². The molecule has 1 amide bonds. The van der Waals surface area contributed by atoms with E-state index in [1.165, 1.54) is 25.1 Å². The van der Waals surface area contributed by atoms with Crippen molar-refractivity contribution in [2.24, 2.45) is 0 Å². The smallest absolute Gasteiger partial charge is 0.305 e. The molecule has 1 aromatic rings. The van der Waals surface area contributed by atoms with E-state index in [2.05, 4.69) is 5.32 Å². The van der Waals surface area contributed by atoms with E-state index in [0.29, 0.717) is 12.8 Å². The molecule has 0 aromatic heterocycles. The molecule has 0 unspecified atom stereocenters. The molecule has 0 atom stereocenters. The number of rotatable bonds is 7. The molecule has 0 fully saturated rings. The molecule has 7 nitrogen and oxygen atoms in total. The number of nitro benzene ring substituents is 1. The van der Waals surface area contributed by atoms with Crippen LogP contribution in [0.2, 0.25) is 0 Å². The lowest BCUT2D eigenvalue weighted by Crippen LogP contribution is -2.49. The Kier molecular flexibility index (Phi) is 5.62. The highest BCUT2D eigenvalue weighted by atomic mass is 16.6. The Morgan fingerprint density at radius 2 is 1.91 bits per heavy atom. The largest absolute Gasteiger partial charge is 0.481 e. The quantitative estimate of drug-likeness (QED) is 0.594. The molecular weight excluding hydrogens is 288 g/mol. The lowest BCUT2D eigenvalue weighted by atomic mass is 9.88. The third-order valence-corrected chi connectivity index (χ3v) is 3.97. The molecule has 0 aliphatic carbocycles. The van der Waals surface area contributed by atoms with Gasteiger partial charge in [-0.25, -0.2) is 0 Å². The Morgan fingerprint density at radius 3 is 2.36 bits per heavy atom. The highest BCUT2D eigenvalue weighted by molar-refractivity contribution is 5.97. The summed E-state index contributed by atoms with van der Waals surface area (Å²) in [5.41, 5.74) is -0.545. The number of amides is 1. The van der Waals surface area contributed by atoms with Crippen LogP contribution in [0.3, 0.4) is 0 Å². The zero-order valence-electron chi connectivity index (χ0n) is 12.9. The number of hydrogen-bond acceptors (Lipinski definition) is 4. The number of nitrogens with zero attached hydrogens (tertiary/aromatic N) is 1. The van der Waals surface area contributed by atoms with Gasteiger partial charge in [0, 0.05) is 17.2 Å². The number of aliphatic carboxylic acids is 1. The molecule has 1 rings (SSSR count). The van der Waals surface area contributed by atoms with Crippen LogP contribution in [-0.2, 0) is 4.79 Å². The van der Waals surface area contributed by atoms with Crippen molar-refractivity contribution in [1.82, 2.24) is 5.32 Å². The maximum atomic E-state index is 12.4. The summed E-state index contributed by atoms with van der Waals surface area (Å²) in [6.45, 7) is 5.10. The minimum atomic E-state index is -1.00. The van der Waals surface area contributed by atoms with Crippen LogP contribution in [0.1, 0.15) is 49.0 Å². The molecule has 120 valence electrons. The van der Waals surface area contributed by atoms with Crippen molar-refractivity contribution < 1.29 is 19.6 Å². The van der Waals surface area contributed by atoms with E-state index >= 15 is 0 Å². The minimum Gasteiger partial charge on any atom is -0.481 e. The van der Waals surface area contributed by atoms with Crippen LogP contribution in [0.25, 0.3) is 0 Å². The maximum absolute atomic E-state index is 12.4. The fourth-order valence-electron chi connectivity index (χ4n) is 2.39. The molecule has 0 spiro atoms. The minimum absolute atomic E-state index is 0.135. The van der Waals surface area contributed by atoms with Crippen molar-refractivity contribution in [2.45, 2.75) is 45.6 Å². The molecule has 7 heteroatoms. The summed E-state index contributed by atoms with van der Waals surface area (Å²) in [6, 6.07) is 4.27. The Bertz CT molecular complexity index is 594. The van der Waals surface area contributed by atoms with Gasteiger partial charge in [0.15, 0.2) is 0 Å². The van der Waals surface area contributed by atoms with E-state index in [1.807, 2.05) is 0 Å². The van der Waals surface area contributed by atoms with Crippen LogP contribution in [0.5, 0.6) is 0 Å². The van der Waals surface area contributed by atoms with Gasteiger partial charge in [-0.15, -0.1) is 0 Å².